The van der Waals surface area contributed by atoms with E-state index < -0.39 is 17.8 Å². The third-order valence-corrected chi connectivity index (χ3v) is 2.90. The molecule has 1 heterocycles. The van der Waals surface area contributed by atoms with E-state index in [1.165, 1.54) is 24.3 Å². The van der Waals surface area contributed by atoms with Crippen LogP contribution in [0.5, 0.6) is 0 Å². The van der Waals surface area contributed by atoms with Gasteiger partial charge in [-0.1, -0.05) is 6.07 Å². The normalized spacial score (nSPS) is 11.0. The lowest BCUT2D eigenvalue weighted by atomic mass is 10.2. The quantitative estimate of drug-likeness (QED) is 0.783. The third-order valence-electron chi connectivity index (χ3n) is 2.90. The highest BCUT2D eigenvalue weighted by molar-refractivity contribution is 5.88. The molecule has 0 saturated carbocycles. The average Bonchev–Trinajstić information content (AvgIpc) is 2.50. The number of anilines is 4. The van der Waals surface area contributed by atoms with E-state index in [4.69, 9.17) is 10.5 Å². The summed E-state index contributed by atoms with van der Waals surface area (Å²) in [5.41, 5.74) is 5.39. The minimum absolute atomic E-state index is 0.0000269. The molecule has 1 aromatic heterocycles. The van der Waals surface area contributed by atoms with Crippen LogP contribution in [0.3, 0.4) is 0 Å². The molecule has 0 fully saturated rings. The highest BCUT2D eigenvalue weighted by Gasteiger charge is 2.30. The monoisotopic (exact) mass is 340 g/mol. The van der Waals surface area contributed by atoms with Gasteiger partial charge in [0.15, 0.2) is 0 Å². The number of carbonyl (C=O) groups excluding carboxylic acids is 1. The van der Waals surface area contributed by atoms with E-state index in [1.807, 2.05) is 0 Å². The number of amides is 1. The summed E-state index contributed by atoms with van der Waals surface area (Å²) in [6, 6.07) is 7.62. The zero-order chi connectivity index (χ0) is 17.7. The second kappa shape index (κ2) is 7.07. The van der Waals surface area contributed by atoms with Crippen LogP contribution in [-0.2, 0) is 10.9 Å². The molecule has 6 nitrogen and oxygen atoms in total. The van der Waals surface area contributed by atoms with Crippen LogP contribution in [0.4, 0.5) is 41.0 Å². The molecule has 0 aliphatic heterocycles. The van der Waals surface area contributed by atoms with Crippen molar-refractivity contribution in [3.63, 3.8) is 0 Å². The van der Waals surface area contributed by atoms with Crippen LogP contribution >= 0.6 is 0 Å². The number of nitrogens with two attached hydrogens (primary N) is 1. The number of hydrogen-bond donors (Lipinski definition) is 3. The molecule has 4 N–H and O–H groups in total. The molecule has 0 aliphatic carbocycles. The molecular weight excluding hydrogens is 325 g/mol. The van der Waals surface area contributed by atoms with Crippen LogP contribution < -0.4 is 16.4 Å². The number of hydrogen-bond acceptors (Lipinski definition) is 5. The Morgan fingerprint density at radius 1 is 1.29 bits per heavy atom. The number of pyridine rings is 1. The van der Waals surface area contributed by atoms with Crippen molar-refractivity contribution in [1.82, 2.24) is 4.98 Å². The molecule has 0 spiro atoms. The van der Waals surface area contributed by atoms with Gasteiger partial charge in [-0.3, -0.25) is 5.32 Å². The SMILES string of the molecule is CCOC(=O)Nc1ccc(Nc2cccc(C(F)(F)F)c2)nc1N. The standard InChI is InChI=1S/C15H15F3N4O2/c1-2-24-14(23)21-11-6-7-12(22-13(11)19)20-10-5-3-4-9(8-10)15(16,17)18/h3-8H,2H2,1H3,(H,21,23)(H3,19,20,22). The maximum atomic E-state index is 12.7. The number of halogens is 3. The summed E-state index contributed by atoms with van der Waals surface area (Å²) in [5.74, 6) is 0.237. The Morgan fingerprint density at radius 3 is 2.67 bits per heavy atom. The molecule has 0 radical (unpaired) electrons. The number of nitrogens with zero attached hydrogens (tertiary/aromatic N) is 1. The summed E-state index contributed by atoms with van der Waals surface area (Å²) in [4.78, 5) is 15.3. The lowest BCUT2D eigenvalue weighted by molar-refractivity contribution is -0.137. The highest BCUT2D eigenvalue weighted by atomic mass is 19.4. The Kier molecular flexibility index (Phi) is 5.12. The molecule has 1 amide bonds. The Labute approximate surface area is 135 Å². The molecule has 0 unspecified atom stereocenters. The number of rotatable bonds is 4. The van der Waals surface area contributed by atoms with E-state index in [0.29, 0.717) is 0 Å². The van der Waals surface area contributed by atoms with Gasteiger partial charge >= 0.3 is 12.3 Å². The van der Waals surface area contributed by atoms with Gasteiger partial charge in [-0.25, -0.2) is 9.78 Å². The highest BCUT2D eigenvalue weighted by Crippen LogP contribution is 2.31. The molecule has 1 aromatic carbocycles. The van der Waals surface area contributed by atoms with E-state index in [2.05, 4.69) is 15.6 Å². The van der Waals surface area contributed by atoms with Crippen molar-refractivity contribution in [2.75, 3.05) is 23.0 Å². The number of aromatic nitrogens is 1. The van der Waals surface area contributed by atoms with Gasteiger partial charge in [0.2, 0.25) is 0 Å². The molecule has 24 heavy (non-hydrogen) atoms. The van der Waals surface area contributed by atoms with Crippen LogP contribution in [0, 0.1) is 0 Å². The predicted molar refractivity (Wildman–Crippen MR) is 84.0 cm³/mol. The van der Waals surface area contributed by atoms with Gasteiger partial charge in [-0.15, -0.1) is 0 Å². The lowest BCUT2D eigenvalue weighted by Crippen LogP contribution is -2.15. The van der Waals surface area contributed by atoms with Gasteiger partial charge < -0.3 is 15.8 Å². The smallest absolute Gasteiger partial charge is 0.416 e. The average molecular weight is 340 g/mol. The van der Waals surface area contributed by atoms with Crippen molar-refractivity contribution in [3.05, 3.63) is 42.0 Å². The molecule has 128 valence electrons. The first-order chi connectivity index (χ1) is 11.3. The lowest BCUT2D eigenvalue weighted by Gasteiger charge is -2.12. The van der Waals surface area contributed by atoms with Crippen molar-refractivity contribution in [2.24, 2.45) is 0 Å². The molecule has 2 rings (SSSR count). The molecule has 0 bridgehead atoms. The first kappa shape index (κ1) is 17.4. The summed E-state index contributed by atoms with van der Waals surface area (Å²) in [7, 11) is 0. The first-order valence-corrected chi connectivity index (χ1v) is 6.94. The third kappa shape index (κ3) is 4.51. The Hall–Kier alpha value is -2.97. The van der Waals surface area contributed by atoms with Crippen LogP contribution in [0.25, 0.3) is 0 Å². The summed E-state index contributed by atoms with van der Waals surface area (Å²) < 4.78 is 42.8. The van der Waals surface area contributed by atoms with Gasteiger partial charge in [0, 0.05) is 5.69 Å². The number of benzene rings is 1. The van der Waals surface area contributed by atoms with Crippen LogP contribution in [0.15, 0.2) is 36.4 Å². The fourth-order valence-corrected chi connectivity index (χ4v) is 1.85. The van der Waals surface area contributed by atoms with Gasteiger partial charge in [0.1, 0.15) is 11.6 Å². The number of alkyl halides is 3. The number of carbonyl (C=O) groups is 1. The van der Waals surface area contributed by atoms with Crippen molar-refractivity contribution in [1.29, 1.82) is 0 Å². The number of nitrogens with one attached hydrogen (secondary N) is 2. The molecule has 0 saturated heterocycles. The van der Waals surface area contributed by atoms with E-state index in [1.54, 1.807) is 6.92 Å². The molecule has 0 aliphatic rings. The number of nitrogen functional groups attached to an aromatic ring is 1. The second-order valence-corrected chi connectivity index (χ2v) is 4.68. The van der Waals surface area contributed by atoms with E-state index in [-0.39, 0.29) is 29.6 Å². The fourth-order valence-electron chi connectivity index (χ4n) is 1.85. The maximum absolute atomic E-state index is 12.7. The molecular formula is C15H15F3N4O2. The van der Waals surface area contributed by atoms with Crippen LogP contribution in [0.1, 0.15) is 12.5 Å². The van der Waals surface area contributed by atoms with E-state index >= 15 is 0 Å². The molecule has 9 heteroatoms. The van der Waals surface area contributed by atoms with Crippen molar-refractivity contribution < 1.29 is 22.7 Å². The van der Waals surface area contributed by atoms with Crippen molar-refractivity contribution >= 4 is 29.1 Å². The van der Waals surface area contributed by atoms with Crippen molar-refractivity contribution in [2.45, 2.75) is 13.1 Å². The Bertz CT molecular complexity index is 735. The number of ether oxygens (including phenoxy) is 1. The van der Waals surface area contributed by atoms with Gasteiger partial charge in [-0.2, -0.15) is 13.2 Å². The summed E-state index contributed by atoms with van der Waals surface area (Å²) >= 11 is 0. The minimum Gasteiger partial charge on any atom is -0.450 e. The van der Waals surface area contributed by atoms with Crippen LogP contribution in [0.2, 0.25) is 0 Å². The van der Waals surface area contributed by atoms with Gasteiger partial charge in [0.05, 0.1) is 17.9 Å². The maximum Gasteiger partial charge on any atom is 0.416 e. The second-order valence-electron chi connectivity index (χ2n) is 4.68. The molecule has 0 atom stereocenters. The zero-order valence-corrected chi connectivity index (χ0v) is 12.6. The zero-order valence-electron chi connectivity index (χ0n) is 12.6. The summed E-state index contributed by atoms with van der Waals surface area (Å²) in [6.07, 6.45) is -5.11. The molecule has 2 aromatic rings. The van der Waals surface area contributed by atoms with Crippen LogP contribution in [-0.4, -0.2) is 17.7 Å². The topological polar surface area (TPSA) is 89.3 Å². The van der Waals surface area contributed by atoms with Gasteiger partial charge in [-0.05, 0) is 37.3 Å². The predicted octanol–water partition coefficient (Wildman–Crippen LogP) is 3.99. The van der Waals surface area contributed by atoms with Gasteiger partial charge in [0.25, 0.3) is 0 Å². The van der Waals surface area contributed by atoms with E-state index in [9.17, 15) is 18.0 Å². The van der Waals surface area contributed by atoms with Crippen molar-refractivity contribution in [3.8, 4) is 0 Å². The summed E-state index contributed by atoms with van der Waals surface area (Å²) in [5, 5.41) is 5.13. The fraction of sp³-hybridized carbons (Fsp3) is 0.200. The Morgan fingerprint density at radius 2 is 2.04 bits per heavy atom. The Balaban J connectivity index is 2.14. The minimum atomic E-state index is -4.43. The largest absolute Gasteiger partial charge is 0.450 e. The summed E-state index contributed by atoms with van der Waals surface area (Å²) in [6.45, 7) is 1.86. The first-order valence-electron chi connectivity index (χ1n) is 6.94. The van der Waals surface area contributed by atoms with E-state index in [0.717, 1.165) is 12.1 Å².